The molecule has 0 radical (unpaired) electrons. The fourth-order valence-corrected chi connectivity index (χ4v) is 2.58. The molecule has 92 valence electrons. The molecule has 1 aromatic rings. The van der Waals surface area contributed by atoms with Crippen LogP contribution in [0, 0.1) is 0 Å². The van der Waals surface area contributed by atoms with E-state index in [9.17, 15) is 0 Å². The van der Waals surface area contributed by atoms with Gasteiger partial charge >= 0.3 is 0 Å². The van der Waals surface area contributed by atoms with Crippen LogP contribution >= 0.6 is 12.2 Å². The van der Waals surface area contributed by atoms with Crippen LogP contribution in [0.3, 0.4) is 0 Å². The average molecular weight is 248 g/mol. The number of fused-ring (bicyclic) bond motifs is 1. The zero-order valence-electron chi connectivity index (χ0n) is 10.2. The second-order valence-corrected chi connectivity index (χ2v) is 5.24. The first-order valence-electron chi connectivity index (χ1n) is 6.33. The van der Waals surface area contributed by atoms with Crippen molar-refractivity contribution in [2.24, 2.45) is 5.73 Å². The van der Waals surface area contributed by atoms with Gasteiger partial charge in [0.1, 0.15) is 0 Å². The van der Waals surface area contributed by atoms with Crippen molar-refractivity contribution in [3.63, 3.8) is 0 Å². The molecule has 3 heteroatoms. The van der Waals surface area contributed by atoms with Crippen LogP contribution in [0.4, 0.5) is 0 Å². The van der Waals surface area contributed by atoms with Crippen LogP contribution in [0.2, 0.25) is 0 Å². The third-order valence-corrected chi connectivity index (χ3v) is 3.53. The molecule has 0 saturated heterocycles. The van der Waals surface area contributed by atoms with E-state index < -0.39 is 0 Å². The summed E-state index contributed by atoms with van der Waals surface area (Å²) in [6, 6.07) is 8.79. The predicted octanol–water partition coefficient (Wildman–Crippen LogP) is 2.50. The van der Waals surface area contributed by atoms with E-state index in [1.807, 2.05) is 0 Å². The van der Waals surface area contributed by atoms with Crippen LogP contribution in [-0.4, -0.2) is 23.0 Å². The molecule has 0 unspecified atom stereocenters. The van der Waals surface area contributed by atoms with Crippen molar-refractivity contribution in [3.8, 4) is 0 Å². The van der Waals surface area contributed by atoms with Crippen LogP contribution in [-0.2, 0) is 13.0 Å². The van der Waals surface area contributed by atoms with E-state index in [2.05, 4.69) is 29.2 Å². The Bertz CT molecular complexity index is 390. The summed E-state index contributed by atoms with van der Waals surface area (Å²) < 4.78 is 0. The lowest BCUT2D eigenvalue weighted by molar-refractivity contribution is 0.268. The predicted molar refractivity (Wildman–Crippen MR) is 76.1 cm³/mol. The highest BCUT2D eigenvalue weighted by atomic mass is 32.1. The number of thiocarbonyl (C=S) groups is 1. The molecule has 0 aromatic heterocycles. The lowest BCUT2D eigenvalue weighted by Gasteiger charge is -2.20. The molecule has 0 atom stereocenters. The molecule has 2 N–H and O–H groups in total. The van der Waals surface area contributed by atoms with Crippen LogP contribution in [0.15, 0.2) is 24.3 Å². The number of benzene rings is 1. The maximum atomic E-state index is 5.53. The molecule has 2 nitrogen and oxygen atoms in total. The second-order valence-electron chi connectivity index (χ2n) is 4.72. The topological polar surface area (TPSA) is 29.3 Å². The Morgan fingerprint density at radius 1 is 1.29 bits per heavy atom. The van der Waals surface area contributed by atoms with E-state index in [4.69, 9.17) is 18.0 Å². The Labute approximate surface area is 109 Å². The Morgan fingerprint density at radius 3 is 2.82 bits per heavy atom. The summed E-state index contributed by atoms with van der Waals surface area (Å²) in [5.74, 6) is 0. The quantitative estimate of drug-likeness (QED) is 0.830. The van der Waals surface area contributed by atoms with Gasteiger partial charge < -0.3 is 5.73 Å². The van der Waals surface area contributed by atoms with Gasteiger partial charge in [-0.05, 0) is 49.9 Å². The van der Waals surface area contributed by atoms with Crippen molar-refractivity contribution in [1.82, 2.24) is 4.90 Å². The highest BCUT2D eigenvalue weighted by Gasteiger charge is 2.13. The fourth-order valence-electron chi connectivity index (χ4n) is 2.44. The van der Waals surface area contributed by atoms with Gasteiger partial charge in [0.05, 0.1) is 4.99 Å². The van der Waals surface area contributed by atoms with Crippen LogP contribution in [0.1, 0.15) is 30.4 Å². The lowest BCUT2D eigenvalue weighted by Crippen LogP contribution is -2.25. The molecular formula is C14H20N2S. The van der Waals surface area contributed by atoms with Crippen molar-refractivity contribution >= 4 is 17.2 Å². The van der Waals surface area contributed by atoms with Gasteiger partial charge in [0.2, 0.25) is 0 Å². The van der Waals surface area contributed by atoms with Gasteiger partial charge in [-0.25, -0.2) is 0 Å². The minimum atomic E-state index is 0.639. The summed E-state index contributed by atoms with van der Waals surface area (Å²) in [5, 5.41) is 0. The first-order valence-corrected chi connectivity index (χ1v) is 6.74. The molecule has 0 spiro atoms. The minimum absolute atomic E-state index is 0.639. The molecule has 1 aliphatic heterocycles. The van der Waals surface area contributed by atoms with Gasteiger partial charge in [-0.3, -0.25) is 4.90 Å². The van der Waals surface area contributed by atoms with E-state index in [-0.39, 0.29) is 0 Å². The summed E-state index contributed by atoms with van der Waals surface area (Å²) in [6.07, 6.45) is 4.41. The molecule has 0 fully saturated rings. The molecule has 1 aromatic carbocycles. The SMILES string of the molecule is NC(=S)CCCN1CCCc2ccccc2C1. The molecule has 1 aliphatic rings. The second kappa shape index (κ2) is 6.12. The third-order valence-electron chi connectivity index (χ3n) is 3.33. The Morgan fingerprint density at radius 2 is 2.06 bits per heavy atom. The summed E-state index contributed by atoms with van der Waals surface area (Å²) >= 11 is 4.91. The Balaban J connectivity index is 1.91. The van der Waals surface area contributed by atoms with Crippen molar-refractivity contribution in [1.29, 1.82) is 0 Å². The Kier molecular flexibility index (Phi) is 4.51. The van der Waals surface area contributed by atoms with Crippen molar-refractivity contribution in [2.45, 2.75) is 32.2 Å². The number of hydrogen-bond donors (Lipinski definition) is 1. The first kappa shape index (κ1) is 12.5. The van der Waals surface area contributed by atoms with E-state index in [1.54, 1.807) is 0 Å². The molecule has 17 heavy (non-hydrogen) atoms. The molecule has 0 aliphatic carbocycles. The molecule has 2 rings (SSSR count). The monoisotopic (exact) mass is 248 g/mol. The van der Waals surface area contributed by atoms with Crippen LogP contribution < -0.4 is 5.73 Å². The Hall–Kier alpha value is -0.930. The summed E-state index contributed by atoms with van der Waals surface area (Å²) in [6.45, 7) is 3.37. The fraction of sp³-hybridized carbons (Fsp3) is 0.500. The number of nitrogens with zero attached hydrogens (tertiary/aromatic N) is 1. The van der Waals surface area contributed by atoms with E-state index >= 15 is 0 Å². The van der Waals surface area contributed by atoms with Gasteiger partial charge in [-0.2, -0.15) is 0 Å². The maximum Gasteiger partial charge on any atom is 0.0727 e. The summed E-state index contributed by atoms with van der Waals surface area (Å²) in [7, 11) is 0. The van der Waals surface area contributed by atoms with Gasteiger partial charge in [-0.1, -0.05) is 36.5 Å². The van der Waals surface area contributed by atoms with Gasteiger partial charge in [0.15, 0.2) is 0 Å². The standard InChI is InChI=1S/C14H20N2S/c15-14(17)8-4-10-16-9-3-7-12-5-1-2-6-13(12)11-16/h1-2,5-6H,3-4,7-11H2,(H2,15,17). The molecule has 0 bridgehead atoms. The van der Waals surface area contributed by atoms with E-state index in [0.29, 0.717) is 4.99 Å². The van der Waals surface area contributed by atoms with E-state index in [1.165, 1.54) is 30.5 Å². The van der Waals surface area contributed by atoms with Crippen molar-refractivity contribution in [2.75, 3.05) is 13.1 Å². The smallest absolute Gasteiger partial charge is 0.0727 e. The summed E-state index contributed by atoms with van der Waals surface area (Å²) in [4.78, 5) is 3.16. The normalized spacial score (nSPS) is 16.2. The lowest BCUT2D eigenvalue weighted by atomic mass is 10.0. The highest BCUT2D eigenvalue weighted by Crippen LogP contribution is 2.18. The molecular weight excluding hydrogens is 228 g/mol. The highest BCUT2D eigenvalue weighted by molar-refractivity contribution is 7.80. The van der Waals surface area contributed by atoms with Gasteiger partial charge in [0.25, 0.3) is 0 Å². The number of nitrogens with two attached hydrogens (primary N) is 1. The molecule has 1 heterocycles. The third kappa shape index (κ3) is 3.79. The van der Waals surface area contributed by atoms with Gasteiger partial charge in [0, 0.05) is 6.54 Å². The summed E-state index contributed by atoms with van der Waals surface area (Å²) in [5.41, 5.74) is 8.53. The van der Waals surface area contributed by atoms with E-state index in [0.717, 1.165) is 25.9 Å². The minimum Gasteiger partial charge on any atom is -0.393 e. The number of rotatable bonds is 4. The average Bonchev–Trinajstić information content (AvgIpc) is 2.50. The zero-order chi connectivity index (χ0) is 12.1. The first-order chi connectivity index (χ1) is 8.25. The van der Waals surface area contributed by atoms with Crippen molar-refractivity contribution in [3.05, 3.63) is 35.4 Å². The number of aryl methyl sites for hydroxylation is 1. The number of hydrogen-bond acceptors (Lipinski definition) is 2. The largest absolute Gasteiger partial charge is 0.393 e. The zero-order valence-corrected chi connectivity index (χ0v) is 11.0. The molecule has 0 saturated carbocycles. The van der Waals surface area contributed by atoms with Crippen LogP contribution in [0.5, 0.6) is 0 Å². The van der Waals surface area contributed by atoms with Gasteiger partial charge in [-0.15, -0.1) is 0 Å². The van der Waals surface area contributed by atoms with Crippen LogP contribution in [0.25, 0.3) is 0 Å². The maximum absolute atomic E-state index is 5.53. The van der Waals surface area contributed by atoms with Crippen molar-refractivity contribution < 1.29 is 0 Å². The molecule has 0 amide bonds.